The van der Waals surface area contributed by atoms with Crippen molar-refractivity contribution in [3.63, 3.8) is 0 Å². The molecule has 3 heterocycles. The van der Waals surface area contributed by atoms with Crippen molar-refractivity contribution in [1.29, 1.82) is 0 Å². The summed E-state index contributed by atoms with van der Waals surface area (Å²) < 4.78 is 1.41. The maximum Gasteiger partial charge on any atom is 0.272 e. The summed E-state index contributed by atoms with van der Waals surface area (Å²) in [6.45, 7) is 0.585. The Morgan fingerprint density at radius 3 is 2.67 bits per heavy atom. The molecule has 1 N–H and O–H groups in total. The lowest BCUT2D eigenvalue weighted by atomic mass is 10.0. The lowest BCUT2D eigenvalue weighted by Gasteiger charge is -2.10. The second-order valence-corrected chi connectivity index (χ2v) is 6.48. The number of nitrogens with zero attached hydrogens (tertiary/aromatic N) is 3. The molecular weight excluding hydrogens is 328 g/mol. The predicted molar refractivity (Wildman–Crippen MR) is 91.3 cm³/mol. The van der Waals surface area contributed by atoms with Crippen LogP contribution in [0.4, 0.5) is 0 Å². The number of carbonyl (C=O) groups excluding carboxylic acids is 1. The summed E-state index contributed by atoms with van der Waals surface area (Å²) >= 11 is 5.94. The van der Waals surface area contributed by atoms with Crippen molar-refractivity contribution >= 4 is 23.2 Å². The summed E-state index contributed by atoms with van der Waals surface area (Å²) in [6.07, 6.45) is 2.14. The first-order valence-corrected chi connectivity index (χ1v) is 8.02. The van der Waals surface area contributed by atoms with Crippen LogP contribution in [-0.4, -0.2) is 39.0 Å². The molecule has 1 saturated heterocycles. The second kappa shape index (κ2) is 5.49. The summed E-state index contributed by atoms with van der Waals surface area (Å²) in [5.74, 6) is 0.0298. The Bertz CT molecular complexity index is 990. The van der Waals surface area contributed by atoms with Gasteiger partial charge in [-0.1, -0.05) is 23.7 Å². The SMILES string of the molecule is CN1C[C@H](c2cc(=O)n3[nH]cc(-c4ccc(Cl)cc4)c3n2)CC1=O. The summed E-state index contributed by atoms with van der Waals surface area (Å²) in [6, 6.07) is 8.88. The summed E-state index contributed by atoms with van der Waals surface area (Å²) in [5.41, 5.74) is 2.77. The molecule has 1 amide bonds. The first-order valence-electron chi connectivity index (χ1n) is 7.64. The molecule has 4 rings (SSSR count). The number of nitrogens with one attached hydrogen (secondary N) is 1. The molecule has 0 unspecified atom stereocenters. The van der Waals surface area contributed by atoms with Crippen molar-refractivity contribution in [3.05, 3.63) is 57.6 Å². The number of likely N-dealkylation sites (tertiary alicyclic amines) is 1. The van der Waals surface area contributed by atoms with Crippen LogP contribution in [0.2, 0.25) is 5.02 Å². The summed E-state index contributed by atoms with van der Waals surface area (Å²) in [5, 5.41) is 3.59. The first kappa shape index (κ1) is 15.0. The molecule has 0 saturated carbocycles. The topological polar surface area (TPSA) is 70.5 Å². The van der Waals surface area contributed by atoms with Crippen LogP contribution < -0.4 is 5.56 Å². The molecule has 24 heavy (non-hydrogen) atoms. The quantitative estimate of drug-likeness (QED) is 0.776. The van der Waals surface area contributed by atoms with Crippen LogP contribution >= 0.6 is 11.6 Å². The van der Waals surface area contributed by atoms with Gasteiger partial charge in [0.15, 0.2) is 5.65 Å². The fourth-order valence-electron chi connectivity index (χ4n) is 3.11. The number of aromatic amines is 1. The van der Waals surface area contributed by atoms with E-state index < -0.39 is 0 Å². The minimum absolute atomic E-state index is 0.0480. The lowest BCUT2D eigenvalue weighted by Crippen LogP contribution is -2.20. The van der Waals surface area contributed by atoms with Gasteiger partial charge in [0.1, 0.15) is 0 Å². The van der Waals surface area contributed by atoms with E-state index >= 15 is 0 Å². The monoisotopic (exact) mass is 342 g/mol. The van der Waals surface area contributed by atoms with E-state index in [0.29, 0.717) is 29.3 Å². The Morgan fingerprint density at radius 2 is 2.00 bits per heavy atom. The standard InChI is InChI=1S/C17H15ClN4O2/c1-21-9-11(6-15(21)23)14-7-16(24)22-17(20-14)13(8-19-22)10-2-4-12(18)5-3-10/h2-5,7-8,11,19H,6,9H2,1H3/t11-/m1/s1. The predicted octanol–water partition coefficient (Wildman–Crippen LogP) is 2.29. The minimum Gasteiger partial charge on any atom is -0.345 e. The highest BCUT2D eigenvalue weighted by Gasteiger charge is 2.29. The van der Waals surface area contributed by atoms with E-state index in [9.17, 15) is 9.59 Å². The Labute approximate surface area is 142 Å². The van der Waals surface area contributed by atoms with Crippen molar-refractivity contribution < 1.29 is 4.79 Å². The normalized spacial score (nSPS) is 17.8. The van der Waals surface area contributed by atoms with E-state index in [1.165, 1.54) is 10.6 Å². The molecule has 0 spiro atoms. The molecule has 7 heteroatoms. The molecule has 3 aromatic rings. The third kappa shape index (κ3) is 2.39. The summed E-state index contributed by atoms with van der Waals surface area (Å²) in [7, 11) is 1.77. The van der Waals surface area contributed by atoms with Gasteiger partial charge in [-0.25, -0.2) is 9.50 Å². The average molecular weight is 343 g/mol. The van der Waals surface area contributed by atoms with E-state index in [4.69, 9.17) is 11.6 Å². The molecular formula is C17H15ClN4O2. The minimum atomic E-state index is -0.183. The maximum absolute atomic E-state index is 12.4. The van der Waals surface area contributed by atoms with Crippen LogP contribution in [-0.2, 0) is 4.79 Å². The zero-order valence-corrected chi connectivity index (χ0v) is 13.7. The fraction of sp³-hybridized carbons (Fsp3) is 0.235. The van der Waals surface area contributed by atoms with Crippen LogP contribution in [0.5, 0.6) is 0 Å². The van der Waals surface area contributed by atoms with Gasteiger partial charge in [0.05, 0.1) is 5.69 Å². The fourth-order valence-corrected chi connectivity index (χ4v) is 3.24. The van der Waals surface area contributed by atoms with Crippen molar-refractivity contribution in [2.24, 2.45) is 0 Å². The van der Waals surface area contributed by atoms with Crippen LogP contribution in [0.15, 0.2) is 41.3 Å². The number of H-pyrrole nitrogens is 1. The molecule has 2 aromatic heterocycles. The Kier molecular flexibility index (Phi) is 3.42. The number of fused-ring (bicyclic) bond motifs is 1. The molecule has 122 valence electrons. The van der Waals surface area contributed by atoms with E-state index in [1.54, 1.807) is 30.3 Å². The molecule has 0 aliphatic carbocycles. The zero-order valence-electron chi connectivity index (χ0n) is 13.0. The molecule has 1 atom stereocenters. The first-order chi connectivity index (χ1) is 11.5. The average Bonchev–Trinajstić information content (AvgIpc) is 3.13. The van der Waals surface area contributed by atoms with Gasteiger partial charge in [-0.05, 0) is 17.7 Å². The number of carbonyl (C=O) groups is 1. The number of hydrogen-bond acceptors (Lipinski definition) is 3. The maximum atomic E-state index is 12.4. The van der Waals surface area contributed by atoms with Crippen LogP contribution in [0.25, 0.3) is 16.8 Å². The van der Waals surface area contributed by atoms with E-state index in [1.807, 2.05) is 12.1 Å². The largest absolute Gasteiger partial charge is 0.345 e. The number of benzene rings is 1. The van der Waals surface area contributed by atoms with Gasteiger partial charge in [0, 0.05) is 48.8 Å². The van der Waals surface area contributed by atoms with Gasteiger partial charge in [-0.2, -0.15) is 0 Å². The van der Waals surface area contributed by atoms with Gasteiger partial charge in [0.25, 0.3) is 5.56 Å². The number of halogens is 1. The Hall–Kier alpha value is -2.60. The molecule has 0 bridgehead atoms. The van der Waals surface area contributed by atoms with E-state index in [-0.39, 0.29) is 17.4 Å². The van der Waals surface area contributed by atoms with Crippen LogP contribution in [0, 0.1) is 0 Å². The number of aromatic nitrogens is 3. The summed E-state index contributed by atoms with van der Waals surface area (Å²) in [4.78, 5) is 30.5. The van der Waals surface area contributed by atoms with Crippen LogP contribution in [0.3, 0.4) is 0 Å². The second-order valence-electron chi connectivity index (χ2n) is 6.05. The number of rotatable bonds is 2. The Morgan fingerprint density at radius 1 is 1.25 bits per heavy atom. The molecule has 6 nitrogen and oxygen atoms in total. The molecule has 1 fully saturated rings. The van der Waals surface area contributed by atoms with Crippen molar-refractivity contribution in [1.82, 2.24) is 19.5 Å². The number of hydrogen-bond donors (Lipinski definition) is 1. The molecule has 0 radical (unpaired) electrons. The zero-order chi connectivity index (χ0) is 16.8. The van der Waals surface area contributed by atoms with Gasteiger partial charge >= 0.3 is 0 Å². The number of likely N-dealkylation sites (N-methyl/N-ethyl adjacent to an activating group) is 1. The van der Waals surface area contributed by atoms with Gasteiger partial charge in [-0.3, -0.25) is 14.7 Å². The highest BCUT2D eigenvalue weighted by atomic mass is 35.5. The third-order valence-corrected chi connectivity index (χ3v) is 4.68. The highest BCUT2D eigenvalue weighted by Crippen LogP contribution is 2.28. The molecule has 1 aromatic carbocycles. The number of amides is 1. The molecule has 1 aliphatic heterocycles. The van der Waals surface area contributed by atoms with Gasteiger partial charge < -0.3 is 4.90 Å². The van der Waals surface area contributed by atoms with Crippen LogP contribution in [0.1, 0.15) is 18.0 Å². The molecule has 1 aliphatic rings. The van der Waals surface area contributed by atoms with Gasteiger partial charge in [-0.15, -0.1) is 0 Å². The van der Waals surface area contributed by atoms with Crippen molar-refractivity contribution in [2.75, 3.05) is 13.6 Å². The Balaban J connectivity index is 1.84. The van der Waals surface area contributed by atoms with Gasteiger partial charge in [0.2, 0.25) is 5.91 Å². The third-order valence-electron chi connectivity index (χ3n) is 4.43. The van der Waals surface area contributed by atoms with E-state index in [2.05, 4.69) is 10.1 Å². The highest BCUT2D eigenvalue weighted by molar-refractivity contribution is 6.30. The van der Waals surface area contributed by atoms with E-state index in [0.717, 1.165) is 11.1 Å². The van der Waals surface area contributed by atoms with Crippen molar-refractivity contribution in [3.8, 4) is 11.1 Å². The lowest BCUT2D eigenvalue weighted by molar-refractivity contribution is -0.126. The van der Waals surface area contributed by atoms with Crippen molar-refractivity contribution in [2.45, 2.75) is 12.3 Å². The smallest absolute Gasteiger partial charge is 0.272 e.